The SMILES string of the molecule is CCOc1cc(/C=C2/SC(=Nc3ccc(C(=O)OC)cc3)N(CC)C2=O)ccc1OCc1c(C)cc(C)cc1C. The van der Waals surface area contributed by atoms with Crippen molar-refractivity contribution in [1.82, 2.24) is 4.90 Å². The van der Waals surface area contributed by atoms with Gasteiger partial charge in [0, 0.05) is 6.54 Å². The number of thioether (sulfide) groups is 1. The number of likely N-dealkylation sites (N-methyl/N-ethyl adjacent to an activating group) is 1. The average Bonchev–Trinajstić information content (AvgIpc) is 3.22. The molecule has 0 unspecified atom stereocenters. The summed E-state index contributed by atoms with van der Waals surface area (Å²) in [6, 6.07) is 16.8. The predicted octanol–water partition coefficient (Wildman–Crippen LogP) is 7.00. The lowest BCUT2D eigenvalue weighted by Gasteiger charge is -2.16. The van der Waals surface area contributed by atoms with Crippen LogP contribution in [0.5, 0.6) is 11.5 Å². The van der Waals surface area contributed by atoms with Crippen LogP contribution in [-0.4, -0.2) is 42.2 Å². The number of amidine groups is 1. The van der Waals surface area contributed by atoms with Crippen molar-refractivity contribution in [2.75, 3.05) is 20.3 Å². The zero-order chi connectivity index (χ0) is 28.8. The molecule has 0 saturated carbocycles. The average molecular weight is 559 g/mol. The lowest BCUT2D eigenvalue weighted by Crippen LogP contribution is -2.28. The van der Waals surface area contributed by atoms with Crippen molar-refractivity contribution < 1.29 is 23.8 Å². The van der Waals surface area contributed by atoms with Gasteiger partial charge in [0.25, 0.3) is 5.91 Å². The molecule has 8 heteroatoms. The smallest absolute Gasteiger partial charge is 0.337 e. The van der Waals surface area contributed by atoms with E-state index in [1.54, 1.807) is 29.2 Å². The Morgan fingerprint density at radius 2 is 1.65 bits per heavy atom. The molecular weight excluding hydrogens is 524 g/mol. The van der Waals surface area contributed by atoms with Gasteiger partial charge in [-0.15, -0.1) is 0 Å². The maximum absolute atomic E-state index is 13.2. The number of hydrogen-bond acceptors (Lipinski definition) is 7. The van der Waals surface area contributed by atoms with Gasteiger partial charge in [0.05, 0.1) is 29.9 Å². The molecule has 0 bridgehead atoms. The molecule has 0 N–H and O–H groups in total. The Labute approximate surface area is 239 Å². The number of carbonyl (C=O) groups excluding carboxylic acids is 2. The van der Waals surface area contributed by atoms with E-state index in [-0.39, 0.29) is 5.91 Å². The number of amides is 1. The molecule has 1 aliphatic rings. The van der Waals surface area contributed by atoms with Gasteiger partial charge in [-0.1, -0.05) is 23.8 Å². The van der Waals surface area contributed by atoms with E-state index in [1.165, 1.54) is 41.1 Å². The number of ether oxygens (including phenoxy) is 3. The first kappa shape index (κ1) is 29.0. The summed E-state index contributed by atoms with van der Waals surface area (Å²) in [4.78, 5) is 31.8. The van der Waals surface area contributed by atoms with Crippen LogP contribution in [0.15, 0.2) is 64.5 Å². The summed E-state index contributed by atoms with van der Waals surface area (Å²) in [7, 11) is 1.34. The van der Waals surface area contributed by atoms with E-state index in [2.05, 4.69) is 37.9 Å². The van der Waals surface area contributed by atoms with Gasteiger partial charge in [-0.25, -0.2) is 9.79 Å². The number of benzene rings is 3. The molecule has 1 aliphatic heterocycles. The number of methoxy groups -OCH3 is 1. The highest BCUT2D eigenvalue weighted by molar-refractivity contribution is 8.18. The Hall–Kier alpha value is -4.04. The number of esters is 1. The molecule has 208 valence electrons. The Kier molecular flexibility index (Phi) is 9.32. The molecule has 1 saturated heterocycles. The van der Waals surface area contributed by atoms with Crippen LogP contribution < -0.4 is 9.47 Å². The third-order valence-electron chi connectivity index (χ3n) is 6.50. The number of nitrogens with zero attached hydrogens (tertiary/aromatic N) is 2. The van der Waals surface area contributed by atoms with Gasteiger partial charge in [0.15, 0.2) is 16.7 Å². The monoisotopic (exact) mass is 558 g/mol. The van der Waals surface area contributed by atoms with E-state index < -0.39 is 5.97 Å². The molecule has 40 heavy (non-hydrogen) atoms. The highest BCUT2D eigenvalue weighted by atomic mass is 32.2. The zero-order valence-corrected chi connectivity index (χ0v) is 24.6. The number of hydrogen-bond donors (Lipinski definition) is 0. The number of aryl methyl sites for hydroxylation is 3. The Bertz CT molecular complexity index is 1450. The van der Waals surface area contributed by atoms with Crippen LogP contribution in [0.4, 0.5) is 5.69 Å². The van der Waals surface area contributed by atoms with Gasteiger partial charge in [-0.05, 0) is 111 Å². The van der Waals surface area contributed by atoms with Crippen molar-refractivity contribution in [3.05, 3.63) is 92.9 Å². The molecule has 0 spiro atoms. The van der Waals surface area contributed by atoms with Crippen LogP contribution in [0, 0.1) is 20.8 Å². The minimum atomic E-state index is -0.409. The van der Waals surface area contributed by atoms with Crippen molar-refractivity contribution in [2.45, 2.75) is 41.2 Å². The van der Waals surface area contributed by atoms with Crippen LogP contribution in [0.3, 0.4) is 0 Å². The molecular formula is C32H34N2O5S. The van der Waals surface area contributed by atoms with E-state index in [0.29, 0.717) is 52.6 Å². The van der Waals surface area contributed by atoms with Gasteiger partial charge in [0.2, 0.25) is 0 Å². The summed E-state index contributed by atoms with van der Waals surface area (Å²) in [5.74, 6) is 0.762. The van der Waals surface area contributed by atoms with E-state index in [9.17, 15) is 9.59 Å². The molecule has 7 nitrogen and oxygen atoms in total. The van der Waals surface area contributed by atoms with E-state index >= 15 is 0 Å². The van der Waals surface area contributed by atoms with Gasteiger partial charge in [0.1, 0.15) is 6.61 Å². The second-order valence-corrected chi connectivity index (χ2v) is 10.4. The third kappa shape index (κ3) is 6.57. The minimum absolute atomic E-state index is 0.110. The van der Waals surface area contributed by atoms with E-state index in [1.807, 2.05) is 38.1 Å². The first-order valence-electron chi connectivity index (χ1n) is 13.2. The summed E-state index contributed by atoms with van der Waals surface area (Å²) in [5, 5.41) is 0.582. The maximum atomic E-state index is 13.2. The topological polar surface area (TPSA) is 77.4 Å². The highest BCUT2D eigenvalue weighted by Gasteiger charge is 2.32. The van der Waals surface area contributed by atoms with Crippen molar-refractivity contribution in [2.24, 2.45) is 4.99 Å². The fourth-order valence-electron chi connectivity index (χ4n) is 4.51. The summed E-state index contributed by atoms with van der Waals surface area (Å²) in [6.45, 7) is 11.5. The molecule has 3 aromatic carbocycles. The summed E-state index contributed by atoms with van der Waals surface area (Å²) in [5.41, 5.74) is 6.71. The van der Waals surface area contributed by atoms with Crippen LogP contribution in [0.25, 0.3) is 6.08 Å². The van der Waals surface area contributed by atoms with Crippen LogP contribution in [0.1, 0.15) is 52.0 Å². The Morgan fingerprint density at radius 1 is 0.950 bits per heavy atom. The molecule has 0 radical (unpaired) electrons. The summed E-state index contributed by atoms with van der Waals surface area (Å²) >= 11 is 1.32. The quantitative estimate of drug-likeness (QED) is 0.208. The van der Waals surface area contributed by atoms with Gasteiger partial charge >= 0.3 is 5.97 Å². The molecule has 1 heterocycles. The fourth-order valence-corrected chi connectivity index (χ4v) is 5.57. The number of carbonyl (C=O) groups is 2. The van der Waals surface area contributed by atoms with Crippen LogP contribution >= 0.6 is 11.8 Å². The molecule has 4 rings (SSSR count). The second kappa shape index (κ2) is 12.9. The summed E-state index contributed by atoms with van der Waals surface area (Å²) < 4.78 is 16.8. The van der Waals surface area contributed by atoms with Crippen molar-refractivity contribution in [3.63, 3.8) is 0 Å². The zero-order valence-electron chi connectivity index (χ0n) is 23.7. The molecule has 1 fully saturated rings. The predicted molar refractivity (Wildman–Crippen MR) is 160 cm³/mol. The largest absolute Gasteiger partial charge is 0.490 e. The van der Waals surface area contributed by atoms with Gasteiger partial charge < -0.3 is 14.2 Å². The number of aliphatic imine (C=N–C) groups is 1. The Balaban J connectivity index is 1.56. The standard InChI is InChI=1S/C32H34N2O5S/c1-7-34-30(35)29(40-32(34)33-25-12-10-24(11-13-25)31(36)37-6)18-23-9-14-27(28(17-23)38-8-2)39-19-26-21(4)15-20(3)16-22(26)5/h9-18H,7-8,19H2,1-6H3/b29-18+,33-32?. The first-order chi connectivity index (χ1) is 19.2. The normalized spacial score (nSPS) is 15.2. The molecule has 0 aromatic heterocycles. The van der Waals surface area contributed by atoms with Crippen LogP contribution in [-0.2, 0) is 16.1 Å². The highest BCUT2D eigenvalue weighted by Crippen LogP contribution is 2.36. The second-order valence-electron chi connectivity index (χ2n) is 9.40. The number of rotatable bonds is 9. The fraction of sp³-hybridized carbons (Fsp3) is 0.281. The molecule has 3 aromatic rings. The van der Waals surface area contributed by atoms with Crippen molar-refractivity contribution in [1.29, 1.82) is 0 Å². The van der Waals surface area contributed by atoms with E-state index in [4.69, 9.17) is 14.2 Å². The van der Waals surface area contributed by atoms with Crippen molar-refractivity contribution >= 4 is 40.6 Å². The first-order valence-corrected chi connectivity index (χ1v) is 14.0. The van der Waals surface area contributed by atoms with Gasteiger partial charge in [-0.2, -0.15) is 0 Å². The molecule has 1 amide bonds. The lowest BCUT2D eigenvalue weighted by atomic mass is 10.0. The Morgan fingerprint density at radius 3 is 2.27 bits per heavy atom. The maximum Gasteiger partial charge on any atom is 0.337 e. The van der Waals surface area contributed by atoms with Crippen LogP contribution in [0.2, 0.25) is 0 Å². The van der Waals surface area contributed by atoms with Gasteiger partial charge in [-0.3, -0.25) is 9.69 Å². The lowest BCUT2D eigenvalue weighted by molar-refractivity contribution is -0.122. The summed E-state index contributed by atoms with van der Waals surface area (Å²) in [6.07, 6.45) is 1.85. The minimum Gasteiger partial charge on any atom is -0.490 e. The molecule has 0 atom stereocenters. The van der Waals surface area contributed by atoms with Crippen molar-refractivity contribution in [3.8, 4) is 11.5 Å². The molecule has 0 aliphatic carbocycles. The van der Waals surface area contributed by atoms with E-state index in [0.717, 1.165) is 5.56 Å². The third-order valence-corrected chi connectivity index (χ3v) is 7.50.